The molecule has 0 saturated heterocycles. The number of anilines is 6. The molecule has 2 aliphatic heterocycles. The highest BCUT2D eigenvalue weighted by Crippen LogP contribution is 2.54. The Labute approximate surface area is 457 Å². The van der Waals surface area contributed by atoms with Crippen LogP contribution in [-0.2, 0) is 10.8 Å². The molecule has 2 aliphatic rings. The van der Waals surface area contributed by atoms with Crippen molar-refractivity contribution in [3.8, 4) is 44.5 Å². The number of fused-ring (bicyclic) bond motifs is 10. The fraction of sp³-hybridized carbons (Fsp3) is 0.114. The zero-order chi connectivity index (χ0) is 51.9. The van der Waals surface area contributed by atoms with E-state index in [1.165, 1.54) is 69.1 Å². The molecule has 77 heavy (non-hydrogen) atoms. The van der Waals surface area contributed by atoms with Crippen LogP contribution in [0.4, 0.5) is 34.1 Å². The average Bonchev–Trinajstić information content (AvgIpc) is 4.48. The smallest absolute Gasteiger partial charge is 0.277 e. The van der Waals surface area contributed by atoms with E-state index in [1.54, 1.807) is 0 Å². The topological polar surface area (TPSA) is 32.8 Å². The maximum Gasteiger partial charge on any atom is 0.277 e. The molecule has 7 heteroatoms. The highest BCUT2D eigenvalue weighted by molar-refractivity contribution is 7.40. The zero-order valence-electron chi connectivity index (χ0n) is 43.8. The average molecular weight is 1030 g/mol. The fourth-order valence-electron chi connectivity index (χ4n) is 12.2. The van der Waals surface area contributed by atoms with Crippen LogP contribution >= 0.6 is 22.7 Å². The second-order valence-corrected chi connectivity index (χ2v) is 25.0. The number of hydrogen-bond donors (Lipinski definition) is 0. The van der Waals surface area contributed by atoms with E-state index in [0.717, 1.165) is 77.8 Å². The van der Waals surface area contributed by atoms with Crippen LogP contribution in [0.15, 0.2) is 222 Å². The van der Waals surface area contributed by atoms with Crippen LogP contribution < -0.4 is 24.8 Å². The summed E-state index contributed by atoms with van der Waals surface area (Å²) in [4.78, 5) is 5.27. The Balaban J connectivity index is 1.04. The SMILES string of the molecule is CC(C)(C)c1ccc2sc3c(c2c1)N(c1ccc(-c2coc4ccccc24)cc1-c1ccccc1)c1cccc2c1B3c1sc3ccc(C(C)(C)C)cc3c1N2c1ccc(-c2coc3ccccc23)cc1-c1ccccc1. The minimum Gasteiger partial charge on any atom is -0.464 e. The molecule has 0 amide bonds. The van der Waals surface area contributed by atoms with Gasteiger partial charge in [-0.05, 0) is 122 Å². The molecule has 15 rings (SSSR count). The summed E-state index contributed by atoms with van der Waals surface area (Å²) < 4.78 is 17.7. The number of rotatable bonds is 6. The van der Waals surface area contributed by atoms with E-state index in [-0.39, 0.29) is 17.5 Å². The van der Waals surface area contributed by atoms with E-state index in [9.17, 15) is 0 Å². The molecule has 0 N–H and O–H groups in total. The van der Waals surface area contributed by atoms with E-state index in [4.69, 9.17) is 8.83 Å². The summed E-state index contributed by atoms with van der Waals surface area (Å²) in [7, 11) is 0. The molecule has 370 valence electrons. The lowest BCUT2D eigenvalue weighted by atomic mass is 9.39. The molecule has 0 unspecified atom stereocenters. The lowest BCUT2D eigenvalue weighted by Gasteiger charge is -2.43. The predicted octanol–water partition coefficient (Wildman–Crippen LogP) is 19.0. The number of furan rings is 2. The van der Waals surface area contributed by atoms with Crippen molar-refractivity contribution >= 4 is 121 Å². The van der Waals surface area contributed by atoms with Gasteiger partial charge in [-0.15, -0.1) is 22.7 Å². The van der Waals surface area contributed by atoms with Crippen molar-refractivity contribution in [2.24, 2.45) is 0 Å². The van der Waals surface area contributed by atoms with Gasteiger partial charge in [-0.1, -0.05) is 169 Å². The summed E-state index contributed by atoms with van der Waals surface area (Å²) in [5.74, 6) is 0. The second-order valence-electron chi connectivity index (χ2n) is 22.9. The van der Waals surface area contributed by atoms with E-state index in [2.05, 4.69) is 239 Å². The standard InChI is InChI=1S/C70H53BN2O2S2/c1-69(2,3)46-30-34-62-52(38-46)65-67(76-62)71-64-58(72(65)56-32-28-44(36-50(56)42-18-9-7-10-19-42)54-40-74-60-26-15-13-22-48(54)60)24-17-25-59(64)73(66-53-39-47(70(4,5)6)31-35-63(53)77-68(66)71)57-33-29-45(37-51(57)43-20-11-8-12-21-43)55-41-75-61-27-16-14-23-49(55)61/h7-41H,1-6H3. The number of nitrogens with zero attached hydrogens (tertiary/aromatic N) is 2. The molecule has 0 spiro atoms. The first-order chi connectivity index (χ1) is 37.5. The number of thiophene rings is 2. The van der Waals surface area contributed by atoms with Gasteiger partial charge in [0.15, 0.2) is 0 Å². The van der Waals surface area contributed by atoms with Crippen molar-refractivity contribution in [3.05, 3.63) is 224 Å². The van der Waals surface area contributed by atoms with Crippen LogP contribution in [0.2, 0.25) is 0 Å². The third-order valence-electron chi connectivity index (χ3n) is 16.1. The van der Waals surface area contributed by atoms with Gasteiger partial charge in [-0.25, -0.2) is 0 Å². The van der Waals surface area contributed by atoms with Crippen LogP contribution in [0.3, 0.4) is 0 Å². The van der Waals surface area contributed by atoms with Crippen LogP contribution in [0, 0.1) is 0 Å². The molecule has 0 atom stereocenters. The normalized spacial score (nSPS) is 13.2. The highest BCUT2D eigenvalue weighted by atomic mass is 32.1. The van der Waals surface area contributed by atoms with Crippen LogP contribution in [0.25, 0.3) is 86.6 Å². The minimum atomic E-state index is -0.0523. The summed E-state index contributed by atoms with van der Waals surface area (Å²) >= 11 is 3.93. The van der Waals surface area contributed by atoms with Gasteiger partial charge in [0.25, 0.3) is 6.71 Å². The van der Waals surface area contributed by atoms with Gasteiger partial charge in [-0.2, -0.15) is 0 Å². The van der Waals surface area contributed by atoms with E-state index in [0.29, 0.717) is 0 Å². The monoisotopic (exact) mass is 1030 g/mol. The lowest BCUT2D eigenvalue weighted by molar-refractivity contribution is 0.591. The van der Waals surface area contributed by atoms with Crippen LogP contribution in [0.1, 0.15) is 52.7 Å². The summed E-state index contributed by atoms with van der Waals surface area (Å²) in [6.45, 7) is 14.0. The van der Waals surface area contributed by atoms with Gasteiger partial charge in [0.1, 0.15) is 11.2 Å². The Hall–Kier alpha value is -8.36. The van der Waals surface area contributed by atoms with Crippen molar-refractivity contribution < 1.29 is 8.83 Å². The summed E-state index contributed by atoms with van der Waals surface area (Å²) in [5.41, 5.74) is 21.8. The number of para-hydroxylation sites is 2. The van der Waals surface area contributed by atoms with Crippen molar-refractivity contribution in [2.75, 3.05) is 9.80 Å². The first kappa shape index (κ1) is 46.0. The Morgan fingerprint density at radius 2 is 0.792 bits per heavy atom. The molecule has 0 bridgehead atoms. The van der Waals surface area contributed by atoms with E-state index >= 15 is 0 Å². The van der Waals surface area contributed by atoms with E-state index < -0.39 is 0 Å². The largest absolute Gasteiger partial charge is 0.464 e. The van der Waals surface area contributed by atoms with Gasteiger partial charge >= 0.3 is 0 Å². The van der Waals surface area contributed by atoms with Crippen LogP contribution in [0.5, 0.6) is 0 Å². The molecular weight excluding hydrogens is 976 g/mol. The highest BCUT2D eigenvalue weighted by Gasteiger charge is 2.47. The number of hydrogen-bond acceptors (Lipinski definition) is 6. The molecule has 6 heterocycles. The molecule has 4 aromatic heterocycles. The zero-order valence-corrected chi connectivity index (χ0v) is 45.4. The Morgan fingerprint density at radius 3 is 1.23 bits per heavy atom. The second kappa shape index (κ2) is 17.1. The van der Waals surface area contributed by atoms with Crippen molar-refractivity contribution in [1.82, 2.24) is 0 Å². The van der Waals surface area contributed by atoms with Gasteiger partial charge in [0.05, 0.1) is 35.3 Å². The molecule has 0 aliphatic carbocycles. The Morgan fingerprint density at radius 1 is 0.364 bits per heavy atom. The molecule has 13 aromatic rings. The minimum absolute atomic E-state index is 0.0295. The fourth-order valence-corrected chi connectivity index (χ4v) is 14.9. The maximum atomic E-state index is 6.19. The maximum absolute atomic E-state index is 6.19. The Bertz CT molecular complexity index is 4220. The summed E-state index contributed by atoms with van der Waals surface area (Å²) in [6.07, 6.45) is 3.84. The number of benzene rings is 9. The lowest BCUT2D eigenvalue weighted by Crippen LogP contribution is -2.59. The third-order valence-corrected chi connectivity index (χ3v) is 18.6. The first-order valence-corrected chi connectivity index (χ1v) is 28.3. The summed E-state index contributed by atoms with van der Waals surface area (Å²) in [5, 5.41) is 4.78. The predicted molar refractivity (Wildman–Crippen MR) is 330 cm³/mol. The molecule has 4 nitrogen and oxygen atoms in total. The summed E-state index contributed by atoms with van der Waals surface area (Å²) in [6, 6.07) is 74.3. The Kier molecular flexibility index (Phi) is 10.2. The van der Waals surface area contributed by atoms with Crippen LogP contribution in [-0.4, -0.2) is 6.71 Å². The van der Waals surface area contributed by atoms with Crippen molar-refractivity contribution in [1.29, 1.82) is 0 Å². The molecular formula is C70H53BN2O2S2. The van der Waals surface area contributed by atoms with Crippen molar-refractivity contribution in [2.45, 2.75) is 52.4 Å². The first-order valence-electron chi connectivity index (χ1n) is 26.7. The third kappa shape index (κ3) is 7.17. The molecule has 0 radical (unpaired) electrons. The molecule has 0 saturated carbocycles. The van der Waals surface area contributed by atoms with Gasteiger partial charge in [0, 0.05) is 74.1 Å². The van der Waals surface area contributed by atoms with E-state index in [1.807, 2.05) is 47.3 Å². The van der Waals surface area contributed by atoms with Gasteiger partial charge < -0.3 is 18.6 Å². The van der Waals surface area contributed by atoms with Gasteiger partial charge in [-0.3, -0.25) is 0 Å². The van der Waals surface area contributed by atoms with Crippen molar-refractivity contribution in [3.63, 3.8) is 0 Å². The quantitative estimate of drug-likeness (QED) is 0.155. The van der Waals surface area contributed by atoms with Gasteiger partial charge in [0.2, 0.25) is 0 Å². The molecule has 9 aromatic carbocycles. The molecule has 0 fully saturated rings.